The highest BCUT2D eigenvalue weighted by atomic mass is 16.6. The van der Waals surface area contributed by atoms with E-state index in [1.807, 2.05) is 0 Å². The smallest absolute Gasteiger partial charge is 0.337 e. The lowest BCUT2D eigenvalue weighted by molar-refractivity contribution is -0.385. The predicted molar refractivity (Wildman–Crippen MR) is 52.7 cm³/mol. The van der Waals surface area contributed by atoms with Gasteiger partial charge in [-0.25, -0.2) is 4.79 Å². The van der Waals surface area contributed by atoms with Gasteiger partial charge < -0.3 is 10.8 Å². The fourth-order valence-corrected chi connectivity index (χ4v) is 1.24. The van der Waals surface area contributed by atoms with Crippen molar-refractivity contribution in [2.45, 2.75) is 6.54 Å². The number of carboxylic acid groups (broad SMARTS) is 1. The Bertz CT molecular complexity index is 504. The lowest BCUT2D eigenvalue weighted by Gasteiger charge is -2.03. The number of nitrogens with zero attached hydrogens (tertiary/aromatic N) is 2. The van der Waals surface area contributed by atoms with Crippen molar-refractivity contribution in [3.05, 3.63) is 38.9 Å². The third-order valence-corrected chi connectivity index (χ3v) is 1.99. The summed E-state index contributed by atoms with van der Waals surface area (Å²) in [6, 6.07) is 3.57. The molecule has 0 aromatic heterocycles. The van der Waals surface area contributed by atoms with E-state index in [9.17, 15) is 14.9 Å². The second-order valence-corrected chi connectivity index (χ2v) is 2.90. The molecule has 0 aliphatic rings. The number of nitriles is 1. The third-order valence-electron chi connectivity index (χ3n) is 1.99. The van der Waals surface area contributed by atoms with Crippen LogP contribution in [0.2, 0.25) is 0 Å². The summed E-state index contributed by atoms with van der Waals surface area (Å²) in [5.41, 5.74) is 4.47. The molecule has 0 saturated carbocycles. The number of nitro groups is 1. The van der Waals surface area contributed by atoms with Crippen molar-refractivity contribution in [2.75, 3.05) is 0 Å². The average molecular weight is 221 g/mol. The first-order valence-corrected chi connectivity index (χ1v) is 4.16. The van der Waals surface area contributed by atoms with Crippen LogP contribution in [0.15, 0.2) is 12.1 Å². The zero-order valence-electron chi connectivity index (χ0n) is 8.01. The Morgan fingerprint density at radius 2 is 2.25 bits per heavy atom. The monoisotopic (exact) mass is 221 g/mol. The van der Waals surface area contributed by atoms with E-state index in [0.717, 1.165) is 12.1 Å². The molecule has 0 aliphatic carbocycles. The number of hydrogen-bond donors (Lipinski definition) is 2. The van der Waals surface area contributed by atoms with Crippen LogP contribution in [0.25, 0.3) is 0 Å². The minimum absolute atomic E-state index is 0.0846. The van der Waals surface area contributed by atoms with Crippen LogP contribution in [0.5, 0.6) is 0 Å². The molecule has 0 fully saturated rings. The summed E-state index contributed by atoms with van der Waals surface area (Å²) >= 11 is 0. The summed E-state index contributed by atoms with van der Waals surface area (Å²) in [5, 5.41) is 28.1. The van der Waals surface area contributed by atoms with Crippen molar-refractivity contribution in [1.82, 2.24) is 0 Å². The molecule has 16 heavy (non-hydrogen) atoms. The first kappa shape index (κ1) is 11.6. The molecule has 7 heteroatoms. The molecule has 0 unspecified atom stereocenters. The highest BCUT2D eigenvalue weighted by Crippen LogP contribution is 2.23. The Morgan fingerprint density at radius 1 is 1.62 bits per heavy atom. The largest absolute Gasteiger partial charge is 0.478 e. The summed E-state index contributed by atoms with van der Waals surface area (Å²) in [6.07, 6.45) is 0. The van der Waals surface area contributed by atoms with Gasteiger partial charge in [0.1, 0.15) is 6.07 Å². The van der Waals surface area contributed by atoms with Crippen LogP contribution in [-0.2, 0) is 6.54 Å². The average Bonchev–Trinajstić information content (AvgIpc) is 2.26. The normalized spacial score (nSPS) is 9.50. The van der Waals surface area contributed by atoms with Crippen molar-refractivity contribution in [1.29, 1.82) is 5.26 Å². The molecule has 0 spiro atoms. The van der Waals surface area contributed by atoms with Crippen molar-refractivity contribution in [2.24, 2.45) is 5.73 Å². The Hall–Kier alpha value is -2.46. The molecule has 1 rings (SSSR count). The third kappa shape index (κ3) is 1.97. The van der Waals surface area contributed by atoms with Gasteiger partial charge in [-0.1, -0.05) is 0 Å². The lowest BCUT2D eigenvalue weighted by Crippen LogP contribution is -2.07. The Morgan fingerprint density at radius 3 is 2.62 bits per heavy atom. The van der Waals surface area contributed by atoms with E-state index in [1.165, 1.54) is 0 Å². The van der Waals surface area contributed by atoms with Crippen molar-refractivity contribution < 1.29 is 14.8 Å². The molecule has 82 valence electrons. The highest BCUT2D eigenvalue weighted by molar-refractivity contribution is 5.91. The first-order valence-electron chi connectivity index (χ1n) is 4.16. The molecule has 0 saturated heterocycles. The van der Waals surface area contributed by atoms with Crippen LogP contribution in [0.4, 0.5) is 5.69 Å². The van der Waals surface area contributed by atoms with E-state index >= 15 is 0 Å². The van der Waals surface area contributed by atoms with Gasteiger partial charge in [0.25, 0.3) is 5.69 Å². The number of nitrogens with two attached hydrogens (primary N) is 1. The van der Waals surface area contributed by atoms with Gasteiger partial charge in [0, 0.05) is 18.2 Å². The number of benzene rings is 1. The van der Waals surface area contributed by atoms with E-state index in [2.05, 4.69) is 0 Å². The highest BCUT2D eigenvalue weighted by Gasteiger charge is 2.20. The summed E-state index contributed by atoms with van der Waals surface area (Å²) in [5.74, 6) is -1.32. The van der Waals surface area contributed by atoms with Gasteiger partial charge >= 0.3 is 5.97 Å². The van der Waals surface area contributed by atoms with Gasteiger partial charge in [0.05, 0.1) is 16.1 Å². The summed E-state index contributed by atoms with van der Waals surface area (Å²) < 4.78 is 0. The van der Waals surface area contributed by atoms with Crippen LogP contribution >= 0.6 is 0 Å². The van der Waals surface area contributed by atoms with Crippen molar-refractivity contribution in [3.8, 4) is 6.07 Å². The number of carbonyl (C=O) groups is 1. The molecule has 7 nitrogen and oxygen atoms in total. The summed E-state index contributed by atoms with van der Waals surface area (Å²) in [7, 11) is 0. The van der Waals surface area contributed by atoms with E-state index in [-0.39, 0.29) is 28.9 Å². The van der Waals surface area contributed by atoms with Crippen LogP contribution in [0, 0.1) is 21.4 Å². The Labute approximate surface area is 89.9 Å². The van der Waals surface area contributed by atoms with Crippen LogP contribution in [-0.4, -0.2) is 16.0 Å². The molecule has 1 aromatic rings. The molecule has 0 aliphatic heterocycles. The van der Waals surface area contributed by atoms with Gasteiger partial charge in [-0.15, -0.1) is 0 Å². The number of hydrogen-bond acceptors (Lipinski definition) is 5. The molecule has 0 heterocycles. The molecular weight excluding hydrogens is 214 g/mol. The number of rotatable bonds is 3. The zero-order chi connectivity index (χ0) is 12.3. The molecule has 1 aromatic carbocycles. The molecule has 0 amide bonds. The number of aromatic carboxylic acids is 1. The molecular formula is C9H7N3O4. The Balaban J connectivity index is 3.54. The maximum atomic E-state index is 10.8. The number of carboxylic acids is 1. The fraction of sp³-hybridized carbons (Fsp3) is 0.111. The van der Waals surface area contributed by atoms with E-state index < -0.39 is 10.9 Å². The fourth-order valence-electron chi connectivity index (χ4n) is 1.24. The molecule has 3 N–H and O–H groups in total. The van der Waals surface area contributed by atoms with Gasteiger partial charge in [-0.05, 0) is 6.07 Å². The van der Waals surface area contributed by atoms with E-state index in [1.54, 1.807) is 6.07 Å². The van der Waals surface area contributed by atoms with Gasteiger partial charge in [-0.3, -0.25) is 10.1 Å². The SMILES string of the molecule is N#Cc1cc([N+](=O)[O-])c(CN)cc1C(=O)O. The predicted octanol–water partition coefficient (Wildman–Crippen LogP) is 0.623. The van der Waals surface area contributed by atoms with Gasteiger partial charge in [0.15, 0.2) is 0 Å². The molecule has 0 bridgehead atoms. The standard InChI is InChI=1S/C9H7N3O4/c10-3-5-2-8(12(15)16)6(4-11)1-7(5)9(13)14/h1-2H,4,11H2,(H,13,14). The minimum atomic E-state index is -1.32. The van der Waals surface area contributed by atoms with Crippen LogP contribution in [0.3, 0.4) is 0 Å². The minimum Gasteiger partial charge on any atom is -0.478 e. The van der Waals surface area contributed by atoms with Gasteiger partial charge in [0.2, 0.25) is 0 Å². The number of nitro benzene ring substituents is 1. The van der Waals surface area contributed by atoms with E-state index in [0.29, 0.717) is 0 Å². The maximum absolute atomic E-state index is 10.8. The van der Waals surface area contributed by atoms with Gasteiger partial charge in [-0.2, -0.15) is 5.26 Å². The zero-order valence-corrected chi connectivity index (χ0v) is 8.01. The van der Waals surface area contributed by atoms with Crippen molar-refractivity contribution in [3.63, 3.8) is 0 Å². The molecule has 0 atom stereocenters. The quantitative estimate of drug-likeness (QED) is 0.568. The van der Waals surface area contributed by atoms with Crippen LogP contribution in [0.1, 0.15) is 21.5 Å². The Kier molecular flexibility index (Phi) is 3.17. The van der Waals surface area contributed by atoms with Crippen LogP contribution < -0.4 is 5.73 Å². The summed E-state index contributed by atoms with van der Waals surface area (Å²) in [4.78, 5) is 20.7. The second kappa shape index (κ2) is 4.37. The topological polar surface area (TPSA) is 130 Å². The molecule has 0 radical (unpaired) electrons. The van der Waals surface area contributed by atoms with E-state index in [4.69, 9.17) is 16.1 Å². The summed E-state index contributed by atoms with van der Waals surface area (Å²) in [6.45, 7) is -0.164. The first-order chi connectivity index (χ1) is 7.51. The lowest BCUT2D eigenvalue weighted by atomic mass is 10.0. The maximum Gasteiger partial charge on any atom is 0.337 e. The second-order valence-electron chi connectivity index (χ2n) is 2.90. The van der Waals surface area contributed by atoms with Crippen molar-refractivity contribution >= 4 is 11.7 Å².